The number of carbonyl (C=O) groups is 1. The van der Waals surface area contributed by atoms with Gasteiger partial charge in [0.25, 0.3) is 0 Å². The molecule has 0 saturated carbocycles. The topological polar surface area (TPSA) is 70.0 Å². The second kappa shape index (κ2) is 5.95. The second-order valence-electron chi connectivity index (χ2n) is 3.35. The maximum absolute atomic E-state index is 11.3. The minimum atomic E-state index is -0.328. The number of hydrogen-bond donors (Lipinski definition) is 1. The van der Waals surface area contributed by atoms with Crippen LogP contribution in [0.25, 0.3) is 0 Å². The molecule has 1 aromatic heterocycles. The third-order valence-corrected chi connectivity index (χ3v) is 1.99. The average molecular weight is 254 g/mol. The van der Waals surface area contributed by atoms with Crippen molar-refractivity contribution in [2.24, 2.45) is 10.2 Å². The maximum atomic E-state index is 11.3. The fourth-order valence-electron chi connectivity index (χ4n) is 1.21. The number of nitrogens with zero attached hydrogens (tertiary/aromatic N) is 4. The molecule has 90 valence electrons. The van der Waals surface area contributed by atoms with E-state index in [9.17, 15) is 4.79 Å². The SMILES string of the molecule is CC1=NNC(=O)N(/N=C/c2cccnc2)C1.Cl. The second-order valence-corrected chi connectivity index (χ2v) is 3.35. The molecule has 0 atom stereocenters. The predicted octanol–water partition coefficient (Wildman–Crippen LogP) is 1.24. The Morgan fingerprint density at radius 3 is 3.12 bits per heavy atom. The van der Waals surface area contributed by atoms with Crippen LogP contribution in [0.1, 0.15) is 12.5 Å². The molecule has 17 heavy (non-hydrogen) atoms. The Labute approximate surface area is 105 Å². The fraction of sp³-hybridized carbons (Fsp3) is 0.200. The summed E-state index contributed by atoms with van der Waals surface area (Å²) in [4.78, 5) is 15.3. The first-order chi connectivity index (χ1) is 7.75. The summed E-state index contributed by atoms with van der Waals surface area (Å²) in [6, 6.07) is 3.34. The van der Waals surface area contributed by atoms with Crippen molar-refractivity contribution in [3.05, 3.63) is 30.1 Å². The van der Waals surface area contributed by atoms with Gasteiger partial charge in [-0.3, -0.25) is 4.98 Å². The number of rotatable bonds is 2. The summed E-state index contributed by atoms with van der Waals surface area (Å²) < 4.78 is 0. The quantitative estimate of drug-likeness (QED) is 0.806. The standard InChI is InChI=1S/C10H11N5O.ClH/c1-8-7-15(10(16)14-13-8)12-6-9-3-2-4-11-5-9;/h2-6H,7H2,1H3,(H,14,16);1H/b12-6+;. The Morgan fingerprint density at radius 2 is 2.41 bits per heavy atom. The van der Waals surface area contributed by atoms with Gasteiger partial charge in [-0.2, -0.15) is 10.2 Å². The van der Waals surface area contributed by atoms with Crippen LogP contribution in [0.2, 0.25) is 0 Å². The molecule has 1 aromatic rings. The van der Waals surface area contributed by atoms with E-state index in [0.717, 1.165) is 11.3 Å². The molecule has 1 N–H and O–H groups in total. The lowest BCUT2D eigenvalue weighted by Gasteiger charge is -2.20. The molecule has 1 aliphatic rings. The highest BCUT2D eigenvalue weighted by atomic mass is 35.5. The maximum Gasteiger partial charge on any atom is 0.358 e. The van der Waals surface area contributed by atoms with Gasteiger partial charge in [-0.05, 0) is 13.0 Å². The van der Waals surface area contributed by atoms with Gasteiger partial charge in [-0.25, -0.2) is 15.2 Å². The van der Waals surface area contributed by atoms with Gasteiger partial charge in [0.2, 0.25) is 0 Å². The summed E-state index contributed by atoms with van der Waals surface area (Å²) in [7, 11) is 0. The molecule has 0 aliphatic carbocycles. The number of halogens is 1. The number of hydrazone groups is 2. The minimum Gasteiger partial charge on any atom is -0.264 e. The van der Waals surface area contributed by atoms with Gasteiger partial charge in [-0.15, -0.1) is 12.4 Å². The smallest absolute Gasteiger partial charge is 0.264 e. The monoisotopic (exact) mass is 253 g/mol. The van der Waals surface area contributed by atoms with E-state index in [1.165, 1.54) is 5.01 Å². The summed E-state index contributed by atoms with van der Waals surface area (Å²) in [5, 5.41) is 9.18. The first-order valence-corrected chi connectivity index (χ1v) is 4.80. The summed E-state index contributed by atoms with van der Waals surface area (Å²) in [6.45, 7) is 2.23. The van der Waals surface area contributed by atoms with Crippen LogP contribution in [0.15, 0.2) is 34.7 Å². The fourth-order valence-corrected chi connectivity index (χ4v) is 1.21. The van der Waals surface area contributed by atoms with E-state index in [-0.39, 0.29) is 18.4 Å². The number of aromatic nitrogens is 1. The minimum absolute atomic E-state index is 0. The van der Waals surface area contributed by atoms with Crippen molar-refractivity contribution in [1.82, 2.24) is 15.4 Å². The van der Waals surface area contributed by atoms with Crippen molar-refractivity contribution in [2.75, 3.05) is 6.54 Å². The van der Waals surface area contributed by atoms with Gasteiger partial charge in [0.1, 0.15) is 0 Å². The Bertz CT molecular complexity index is 445. The number of hydrogen-bond acceptors (Lipinski definition) is 4. The van der Waals surface area contributed by atoms with Crippen molar-refractivity contribution in [1.29, 1.82) is 0 Å². The zero-order valence-electron chi connectivity index (χ0n) is 9.20. The molecular weight excluding hydrogens is 242 g/mol. The molecule has 6 nitrogen and oxygen atoms in total. The van der Waals surface area contributed by atoms with Crippen molar-refractivity contribution >= 4 is 30.4 Å². The van der Waals surface area contributed by atoms with Crippen LogP contribution >= 0.6 is 12.4 Å². The molecule has 0 aromatic carbocycles. The lowest BCUT2D eigenvalue weighted by Crippen LogP contribution is -2.42. The van der Waals surface area contributed by atoms with Crippen LogP contribution in [-0.2, 0) is 0 Å². The highest BCUT2D eigenvalue weighted by Gasteiger charge is 2.16. The average Bonchev–Trinajstić information content (AvgIpc) is 2.32. The largest absolute Gasteiger partial charge is 0.358 e. The zero-order chi connectivity index (χ0) is 11.4. The van der Waals surface area contributed by atoms with Crippen LogP contribution in [0, 0.1) is 0 Å². The van der Waals surface area contributed by atoms with E-state index in [4.69, 9.17) is 0 Å². The molecule has 0 unspecified atom stereocenters. The van der Waals surface area contributed by atoms with E-state index in [2.05, 4.69) is 20.6 Å². The highest BCUT2D eigenvalue weighted by molar-refractivity contribution is 5.92. The van der Waals surface area contributed by atoms with Gasteiger partial charge >= 0.3 is 6.03 Å². The molecule has 1 aliphatic heterocycles. The number of pyridine rings is 1. The molecule has 2 amide bonds. The van der Waals surface area contributed by atoms with Crippen molar-refractivity contribution < 1.29 is 4.79 Å². The lowest BCUT2D eigenvalue weighted by molar-refractivity contribution is 0.204. The van der Waals surface area contributed by atoms with E-state index >= 15 is 0 Å². The van der Waals surface area contributed by atoms with Crippen molar-refractivity contribution in [3.8, 4) is 0 Å². The highest BCUT2D eigenvalue weighted by Crippen LogP contribution is 1.99. The number of urea groups is 1. The molecule has 7 heteroatoms. The third-order valence-electron chi connectivity index (χ3n) is 1.99. The van der Waals surface area contributed by atoms with E-state index in [0.29, 0.717) is 6.54 Å². The van der Waals surface area contributed by atoms with Gasteiger partial charge in [0.15, 0.2) is 0 Å². The lowest BCUT2D eigenvalue weighted by atomic mass is 10.3. The third kappa shape index (κ3) is 3.53. The molecule has 0 spiro atoms. The van der Waals surface area contributed by atoms with Crippen LogP contribution < -0.4 is 5.43 Å². The Hall–Kier alpha value is -1.95. The van der Waals surface area contributed by atoms with E-state index in [1.807, 2.05) is 19.1 Å². The molecule has 0 radical (unpaired) electrons. The normalized spacial score (nSPS) is 15.2. The van der Waals surface area contributed by atoms with Gasteiger partial charge in [0, 0.05) is 18.0 Å². The number of nitrogens with one attached hydrogen (secondary N) is 1. The van der Waals surface area contributed by atoms with Crippen LogP contribution in [0.4, 0.5) is 4.79 Å². The van der Waals surface area contributed by atoms with E-state index in [1.54, 1.807) is 18.6 Å². The Balaban J connectivity index is 0.00000144. The number of carbonyl (C=O) groups excluding carboxylic acids is 1. The summed E-state index contributed by atoms with van der Waals surface area (Å²) >= 11 is 0. The van der Waals surface area contributed by atoms with Crippen LogP contribution in [0.3, 0.4) is 0 Å². The molecule has 2 rings (SSSR count). The van der Waals surface area contributed by atoms with E-state index < -0.39 is 0 Å². The van der Waals surface area contributed by atoms with Gasteiger partial charge in [-0.1, -0.05) is 6.07 Å². The Kier molecular flexibility index (Phi) is 4.59. The first-order valence-electron chi connectivity index (χ1n) is 4.80. The van der Waals surface area contributed by atoms with Crippen LogP contribution in [0.5, 0.6) is 0 Å². The summed E-state index contributed by atoms with van der Waals surface area (Å²) in [5.74, 6) is 0. The number of amides is 2. The molecule has 2 heterocycles. The predicted molar refractivity (Wildman–Crippen MR) is 67.4 cm³/mol. The van der Waals surface area contributed by atoms with Crippen molar-refractivity contribution in [2.45, 2.75) is 6.92 Å². The van der Waals surface area contributed by atoms with Crippen LogP contribution in [-0.4, -0.2) is 34.5 Å². The first kappa shape index (κ1) is 13.1. The molecule has 0 saturated heterocycles. The van der Waals surface area contributed by atoms with Gasteiger partial charge < -0.3 is 0 Å². The molecular formula is C10H12ClN5O. The van der Waals surface area contributed by atoms with Crippen molar-refractivity contribution in [3.63, 3.8) is 0 Å². The summed E-state index contributed by atoms with van der Waals surface area (Å²) in [5.41, 5.74) is 4.02. The summed E-state index contributed by atoms with van der Waals surface area (Å²) in [6.07, 6.45) is 4.94. The molecule has 0 bridgehead atoms. The Morgan fingerprint density at radius 1 is 1.59 bits per heavy atom. The zero-order valence-corrected chi connectivity index (χ0v) is 10.0. The van der Waals surface area contributed by atoms with Gasteiger partial charge in [0.05, 0.1) is 18.5 Å². The molecule has 0 fully saturated rings.